The molecule has 0 spiro atoms. The van der Waals surface area contributed by atoms with Gasteiger partial charge in [0, 0.05) is 6.61 Å². The van der Waals surface area contributed by atoms with E-state index in [1.54, 1.807) is 6.07 Å². The monoisotopic (exact) mass is 226 g/mol. The zero-order chi connectivity index (χ0) is 11.5. The minimum absolute atomic E-state index is 0.184. The third-order valence-corrected chi connectivity index (χ3v) is 2.83. The quantitative estimate of drug-likeness (QED) is 0.857. The molecule has 1 saturated heterocycles. The Kier molecular flexibility index (Phi) is 3.41. The van der Waals surface area contributed by atoms with E-state index in [0.717, 1.165) is 12.8 Å². The number of methoxy groups -OCH3 is 1. The van der Waals surface area contributed by atoms with E-state index in [0.29, 0.717) is 12.2 Å². The molecule has 1 heterocycles. The van der Waals surface area contributed by atoms with Crippen molar-refractivity contribution in [2.75, 3.05) is 13.7 Å². The van der Waals surface area contributed by atoms with Crippen molar-refractivity contribution in [2.45, 2.75) is 25.0 Å². The minimum Gasteiger partial charge on any atom is -0.494 e. The lowest BCUT2D eigenvalue weighted by atomic mass is 10.0. The highest BCUT2D eigenvalue weighted by Gasteiger charge is 2.25. The number of hydrogen-bond donors (Lipinski definition) is 1. The summed E-state index contributed by atoms with van der Waals surface area (Å²) in [6.07, 6.45) is 0.783. The van der Waals surface area contributed by atoms with Crippen LogP contribution in [0.25, 0.3) is 0 Å². The molecule has 88 valence electrons. The van der Waals surface area contributed by atoms with Crippen LogP contribution in [-0.2, 0) is 4.74 Å². The van der Waals surface area contributed by atoms with E-state index in [-0.39, 0.29) is 11.9 Å². The van der Waals surface area contributed by atoms with Crippen LogP contribution in [-0.4, -0.2) is 24.9 Å². The molecule has 1 N–H and O–H groups in total. The van der Waals surface area contributed by atoms with Crippen LogP contribution in [0.2, 0.25) is 0 Å². The second-order valence-corrected chi connectivity index (χ2v) is 3.89. The Hall–Kier alpha value is -1.13. The van der Waals surface area contributed by atoms with Crippen molar-refractivity contribution < 1.29 is 19.0 Å². The molecule has 2 rings (SSSR count). The molecule has 16 heavy (non-hydrogen) atoms. The number of halogens is 1. The molecular formula is C12H15FO3. The number of aliphatic hydroxyl groups excluding tert-OH is 1. The molecule has 1 aliphatic heterocycles. The Morgan fingerprint density at radius 3 is 2.94 bits per heavy atom. The molecule has 1 fully saturated rings. The molecule has 1 aromatic carbocycles. The maximum absolute atomic E-state index is 13.4. The fraction of sp³-hybridized carbons (Fsp3) is 0.500. The standard InChI is InChI=1S/C12H15FO3/c1-15-10-5-4-8(7-9(10)13)12(14)11-3-2-6-16-11/h4-5,7,11-12,14H,2-3,6H2,1H3. The first-order valence-electron chi connectivity index (χ1n) is 5.35. The highest BCUT2D eigenvalue weighted by molar-refractivity contribution is 5.30. The summed E-state index contributed by atoms with van der Waals surface area (Å²) in [6, 6.07) is 4.47. The van der Waals surface area contributed by atoms with Gasteiger partial charge in [-0.05, 0) is 30.5 Å². The van der Waals surface area contributed by atoms with Gasteiger partial charge in [-0.1, -0.05) is 6.07 Å². The Morgan fingerprint density at radius 1 is 1.56 bits per heavy atom. The number of hydrogen-bond acceptors (Lipinski definition) is 3. The lowest BCUT2D eigenvalue weighted by Crippen LogP contribution is -2.17. The highest BCUT2D eigenvalue weighted by atomic mass is 19.1. The van der Waals surface area contributed by atoms with Crippen molar-refractivity contribution in [3.8, 4) is 5.75 Å². The van der Waals surface area contributed by atoms with Crippen molar-refractivity contribution in [1.29, 1.82) is 0 Å². The van der Waals surface area contributed by atoms with Crippen molar-refractivity contribution in [3.05, 3.63) is 29.6 Å². The van der Waals surface area contributed by atoms with Gasteiger partial charge in [-0.15, -0.1) is 0 Å². The van der Waals surface area contributed by atoms with Crippen molar-refractivity contribution in [3.63, 3.8) is 0 Å². The third kappa shape index (κ3) is 2.18. The van der Waals surface area contributed by atoms with Crippen LogP contribution < -0.4 is 4.74 Å². The fourth-order valence-corrected chi connectivity index (χ4v) is 1.93. The van der Waals surface area contributed by atoms with Gasteiger partial charge >= 0.3 is 0 Å². The maximum atomic E-state index is 13.4. The molecule has 2 atom stereocenters. The van der Waals surface area contributed by atoms with Gasteiger partial charge in [0.15, 0.2) is 11.6 Å². The van der Waals surface area contributed by atoms with Gasteiger partial charge in [0.1, 0.15) is 6.10 Å². The van der Waals surface area contributed by atoms with Crippen molar-refractivity contribution in [1.82, 2.24) is 0 Å². The predicted molar refractivity (Wildman–Crippen MR) is 56.9 cm³/mol. The Labute approximate surface area is 93.8 Å². The molecule has 0 saturated carbocycles. The zero-order valence-corrected chi connectivity index (χ0v) is 9.15. The largest absolute Gasteiger partial charge is 0.494 e. The lowest BCUT2D eigenvalue weighted by molar-refractivity contribution is -0.00274. The van der Waals surface area contributed by atoms with E-state index in [1.807, 2.05) is 0 Å². The second kappa shape index (κ2) is 4.80. The third-order valence-electron chi connectivity index (χ3n) is 2.83. The summed E-state index contributed by atoms with van der Waals surface area (Å²) in [6.45, 7) is 0.667. The van der Waals surface area contributed by atoms with E-state index in [1.165, 1.54) is 19.2 Å². The molecule has 0 radical (unpaired) electrons. The summed E-state index contributed by atoms with van der Waals surface area (Å²) in [5.74, 6) is -0.277. The summed E-state index contributed by atoms with van der Waals surface area (Å²) < 4.78 is 23.6. The molecule has 3 nitrogen and oxygen atoms in total. The molecule has 4 heteroatoms. The van der Waals surface area contributed by atoms with Gasteiger partial charge < -0.3 is 14.6 Å². The van der Waals surface area contributed by atoms with Gasteiger partial charge in [0.2, 0.25) is 0 Å². The van der Waals surface area contributed by atoms with E-state index in [9.17, 15) is 9.50 Å². The topological polar surface area (TPSA) is 38.7 Å². The van der Waals surface area contributed by atoms with Crippen LogP contribution in [0.15, 0.2) is 18.2 Å². The summed E-state index contributed by atoms with van der Waals surface area (Å²) in [5.41, 5.74) is 0.533. The number of rotatable bonds is 3. The molecular weight excluding hydrogens is 211 g/mol. The van der Waals surface area contributed by atoms with Crippen LogP contribution >= 0.6 is 0 Å². The number of aliphatic hydroxyl groups is 1. The summed E-state index contributed by atoms with van der Waals surface area (Å²) in [4.78, 5) is 0. The summed E-state index contributed by atoms with van der Waals surface area (Å²) in [7, 11) is 1.41. The van der Waals surface area contributed by atoms with Gasteiger partial charge in [0.25, 0.3) is 0 Å². The lowest BCUT2D eigenvalue weighted by Gasteiger charge is -2.18. The van der Waals surface area contributed by atoms with Gasteiger partial charge in [-0.3, -0.25) is 0 Å². The van der Waals surface area contributed by atoms with E-state index >= 15 is 0 Å². The zero-order valence-electron chi connectivity index (χ0n) is 9.15. The van der Waals surface area contributed by atoms with Gasteiger partial charge in [-0.2, -0.15) is 0 Å². The van der Waals surface area contributed by atoms with Crippen molar-refractivity contribution in [2.24, 2.45) is 0 Å². The molecule has 0 bridgehead atoms. The predicted octanol–water partition coefficient (Wildman–Crippen LogP) is 2.05. The molecule has 2 unspecified atom stereocenters. The first-order valence-corrected chi connectivity index (χ1v) is 5.35. The molecule has 0 aromatic heterocycles. The van der Waals surface area contributed by atoms with Crippen LogP contribution in [0, 0.1) is 5.82 Å². The van der Waals surface area contributed by atoms with Crippen LogP contribution in [0.4, 0.5) is 4.39 Å². The fourth-order valence-electron chi connectivity index (χ4n) is 1.93. The van der Waals surface area contributed by atoms with E-state index in [2.05, 4.69) is 0 Å². The average Bonchev–Trinajstić information content (AvgIpc) is 2.81. The van der Waals surface area contributed by atoms with E-state index in [4.69, 9.17) is 9.47 Å². The number of ether oxygens (including phenoxy) is 2. The van der Waals surface area contributed by atoms with Gasteiger partial charge in [-0.25, -0.2) is 4.39 Å². The van der Waals surface area contributed by atoms with E-state index < -0.39 is 11.9 Å². The molecule has 1 aliphatic rings. The molecule has 0 aliphatic carbocycles. The summed E-state index contributed by atoms with van der Waals surface area (Å²) in [5, 5.41) is 9.98. The van der Waals surface area contributed by atoms with Crippen LogP contribution in [0.3, 0.4) is 0 Å². The summed E-state index contributed by atoms with van der Waals surface area (Å²) >= 11 is 0. The molecule has 1 aromatic rings. The smallest absolute Gasteiger partial charge is 0.165 e. The minimum atomic E-state index is -0.761. The first-order chi connectivity index (χ1) is 7.72. The SMILES string of the molecule is COc1ccc(C(O)C2CCCO2)cc1F. The number of benzene rings is 1. The normalized spacial score (nSPS) is 22.1. The maximum Gasteiger partial charge on any atom is 0.165 e. The molecule has 0 amide bonds. The van der Waals surface area contributed by atoms with Crippen LogP contribution in [0.1, 0.15) is 24.5 Å². The Bertz CT molecular complexity index is 361. The van der Waals surface area contributed by atoms with Crippen molar-refractivity contribution >= 4 is 0 Å². The highest BCUT2D eigenvalue weighted by Crippen LogP contribution is 2.29. The van der Waals surface area contributed by atoms with Crippen LogP contribution in [0.5, 0.6) is 5.75 Å². The first kappa shape index (κ1) is 11.4. The second-order valence-electron chi connectivity index (χ2n) is 3.89. The van der Waals surface area contributed by atoms with Gasteiger partial charge in [0.05, 0.1) is 13.2 Å². The average molecular weight is 226 g/mol. The Morgan fingerprint density at radius 2 is 2.38 bits per heavy atom. The Balaban J connectivity index is 2.16.